The number of pyridine rings is 1. The van der Waals surface area contributed by atoms with Gasteiger partial charge in [0.05, 0.1) is 12.1 Å². The van der Waals surface area contributed by atoms with Crippen LogP contribution in [0.3, 0.4) is 0 Å². The summed E-state index contributed by atoms with van der Waals surface area (Å²) in [5.41, 5.74) is 0. The van der Waals surface area contributed by atoms with E-state index in [2.05, 4.69) is 27.6 Å². The number of likely N-dealkylation sites (N-methyl/N-ethyl adjacent to an activating group) is 1. The maximum Gasteiger partial charge on any atom is 0.326 e. The summed E-state index contributed by atoms with van der Waals surface area (Å²) in [4.78, 5) is 20.6. The van der Waals surface area contributed by atoms with Crippen LogP contribution in [0, 0.1) is 3.57 Å². The number of carbonyl (C=O) groups excluding carboxylic acids is 1. The Kier molecular flexibility index (Phi) is 3.17. The van der Waals surface area contributed by atoms with Crippen molar-refractivity contribution in [3.63, 3.8) is 0 Å². The van der Waals surface area contributed by atoms with Crippen molar-refractivity contribution in [1.82, 2.24) is 9.88 Å². The summed E-state index contributed by atoms with van der Waals surface area (Å²) < 4.78 is 1.09. The van der Waals surface area contributed by atoms with Gasteiger partial charge in [-0.15, -0.1) is 0 Å². The van der Waals surface area contributed by atoms with Crippen LogP contribution in [-0.4, -0.2) is 35.0 Å². The van der Waals surface area contributed by atoms with Gasteiger partial charge < -0.3 is 4.90 Å². The molecule has 1 saturated heterocycles. The van der Waals surface area contributed by atoms with E-state index >= 15 is 0 Å². The van der Waals surface area contributed by atoms with Crippen molar-refractivity contribution >= 4 is 34.4 Å². The standard InChI is InChI=1S/C13H16IN3O/c1-16-10-4-2-3-5-11(10)17(13(16)18)12-7-6-9(14)8-15-12/h6-8,10-11H,2-5H2,1H3/t10-,11+/m0/s1. The van der Waals surface area contributed by atoms with E-state index in [0.717, 1.165) is 22.2 Å². The highest BCUT2D eigenvalue weighted by atomic mass is 127. The molecular formula is C13H16IN3O. The van der Waals surface area contributed by atoms with Gasteiger partial charge in [-0.3, -0.25) is 4.90 Å². The summed E-state index contributed by atoms with van der Waals surface area (Å²) in [7, 11) is 1.91. The normalized spacial score (nSPS) is 27.6. The first kappa shape index (κ1) is 12.2. The highest BCUT2D eigenvalue weighted by Gasteiger charge is 2.45. The third kappa shape index (κ3) is 1.88. The first-order valence-electron chi connectivity index (χ1n) is 6.36. The zero-order valence-electron chi connectivity index (χ0n) is 10.3. The number of carbonyl (C=O) groups is 1. The molecule has 0 radical (unpaired) electrons. The summed E-state index contributed by atoms with van der Waals surface area (Å²) in [6.45, 7) is 0. The Morgan fingerprint density at radius 1 is 1.28 bits per heavy atom. The Bertz CT molecular complexity index is 462. The molecule has 3 rings (SSSR count). The summed E-state index contributed by atoms with van der Waals surface area (Å²) in [5.74, 6) is 0.793. The molecule has 0 bridgehead atoms. The van der Waals surface area contributed by atoms with Gasteiger partial charge in [0.2, 0.25) is 0 Å². The molecule has 18 heavy (non-hydrogen) atoms. The van der Waals surface area contributed by atoms with Gasteiger partial charge in [-0.05, 0) is 47.6 Å². The van der Waals surface area contributed by atoms with Crippen molar-refractivity contribution in [3.05, 3.63) is 21.9 Å². The van der Waals surface area contributed by atoms with E-state index in [4.69, 9.17) is 0 Å². The minimum absolute atomic E-state index is 0.0978. The zero-order valence-corrected chi connectivity index (χ0v) is 12.5. The monoisotopic (exact) mass is 357 g/mol. The molecule has 2 atom stereocenters. The van der Waals surface area contributed by atoms with E-state index in [-0.39, 0.29) is 6.03 Å². The van der Waals surface area contributed by atoms with E-state index < -0.39 is 0 Å². The highest BCUT2D eigenvalue weighted by molar-refractivity contribution is 14.1. The molecule has 1 saturated carbocycles. The van der Waals surface area contributed by atoms with Crippen molar-refractivity contribution in [2.45, 2.75) is 37.8 Å². The second-order valence-corrected chi connectivity index (χ2v) is 6.26. The lowest BCUT2D eigenvalue weighted by atomic mass is 9.90. The number of hydrogen-bond acceptors (Lipinski definition) is 2. The number of fused-ring (bicyclic) bond motifs is 1. The molecule has 0 unspecified atom stereocenters. The Hall–Kier alpha value is -0.850. The minimum Gasteiger partial charge on any atom is -0.322 e. The Morgan fingerprint density at radius 3 is 2.67 bits per heavy atom. The van der Waals surface area contributed by atoms with Crippen LogP contribution in [0.4, 0.5) is 10.6 Å². The van der Waals surface area contributed by atoms with Gasteiger partial charge in [0.15, 0.2) is 0 Å². The first-order chi connectivity index (χ1) is 8.68. The number of urea groups is 1. The van der Waals surface area contributed by atoms with Crippen LogP contribution in [0.25, 0.3) is 0 Å². The fraction of sp³-hybridized carbons (Fsp3) is 0.538. The Morgan fingerprint density at radius 2 is 2.00 bits per heavy atom. The van der Waals surface area contributed by atoms with Crippen LogP contribution in [0.2, 0.25) is 0 Å². The molecule has 1 aliphatic carbocycles. The predicted octanol–water partition coefficient (Wildman–Crippen LogP) is 2.87. The smallest absolute Gasteiger partial charge is 0.322 e. The van der Waals surface area contributed by atoms with Gasteiger partial charge >= 0.3 is 6.03 Å². The zero-order chi connectivity index (χ0) is 12.7. The highest BCUT2D eigenvalue weighted by Crippen LogP contribution is 2.35. The molecule has 2 heterocycles. The largest absolute Gasteiger partial charge is 0.326 e. The summed E-state index contributed by atoms with van der Waals surface area (Å²) in [6.07, 6.45) is 6.47. The number of halogens is 1. The van der Waals surface area contributed by atoms with Gasteiger partial charge in [0, 0.05) is 16.8 Å². The van der Waals surface area contributed by atoms with Gasteiger partial charge in [-0.25, -0.2) is 9.78 Å². The Labute approximate surface area is 121 Å². The van der Waals surface area contributed by atoms with E-state index in [0.29, 0.717) is 12.1 Å². The number of nitrogens with zero attached hydrogens (tertiary/aromatic N) is 3. The van der Waals surface area contributed by atoms with Crippen LogP contribution in [0.5, 0.6) is 0 Å². The average molecular weight is 357 g/mol. The molecule has 2 amide bonds. The molecule has 5 heteroatoms. The molecule has 1 aliphatic heterocycles. The number of aromatic nitrogens is 1. The van der Waals surface area contributed by atoms with Gasteiger partial charge in [0.1, 0.15) is 5.82 Å². The molecule has 2 fully saturated rings. The molecule has 1 aromatic rings. The second-order valence-electron chi connectivity index (χ2n) is 5.02. The van der Waals surface area contributed by atoms with Gasteiger partial charge in [-0.2, -0.15) is 0 Å². The quantitative estimate of drug-likeness (QED) is 0.725. The number of hydrogen-bond donors (Lipinski definition) is 0. The lowest BCUT2D eigenvalue weighted by Crippen LogP contribution is -2.39. The predicted molar refractivity (Wildman–Crippen MR) is 78.6 cm³/mol. The van der Waals surface area contributed by atoms with Crippen molar-refractivity contribution in [2.24, 2.45) is 0 Å². The van der Waals surface area contributed by atoms with E-state index in [1.807, 2.05) is 35.2 Å². The van der Waals surface area contributed by atoms with E-state index in [9.17, 15) is 4.79 Å². The van der Waals surface area contributed by atoms with Crippen LogP contribution in [0.1, 0.15) is 25.7 Å². The number of rotatable bonds is 1. The van der Waals surface area contributed by atoms with Gasteiger partial charge in [0.25, 0.3) is 0 Å². The van der Waals surface area contributed by atoms with Crippen LogP contribution >= 0.6 is 22.6 Å². The van der Waals surface area contributed by atoms with Crippen molar-refractivity contribution in [2.75, 3.05) is 11.9 Å². The molecular weight excluding hydrogens is 341 g/mol. The van der Waals surface area contributed by atoms with Crippen LogP contribution in [-0.2, 0) is 0 Å². The van der Waals surface area contributed by atoms with Gasteiger partial charge in [-0.1, -0.05) is 12.8 Å². The van der Waals surface area contributed by atoms with Crippen molar-refractivity contribution < 1.29 is 4.79 Å². The van der Waals surface area contributed by atoms with Crippen molar-refractivity contribution in [3.8, 4) is 0 Å². The molecule has 4 nitrogen and oxygen atoms in total. The Balaban J connectivity index is 1.95. The minimum atomic E-state index is 0.0978. The van der Waals surface area contributed by atoms with Crippen LogP contribution < -0.4 is 4.90 Å². The SMILES string of the molecule is CN1C(=O)N(c2ccc(I)cn2)[C@@H]2CCCC[C@@H]21. The third-order valence-corrected chi connectivity index (χ3v) is 4.63. The molecule has 2 aliphatic rings. The van der Waals surface area contributed by atoms with E-state index in [1.54, 1.807) is 0 Å². The summed E-state index contributed by atoms with van der Waals surface area (Å²) >= 11 is 2.23. The molecule has 0 spiro atoms. The maximum absolute atomic E-state index is 12.4. The molecule has 96 valence electrons. The topological polar surface area (TPSA) is 36.4 Å². The van der Waals surface area contributed by atoms with E-state index in [1.165, 1.54) is 12.8 Å². The number of anilines is 1. The lowest BCUT2D eigenvalue weighted by Gasteiger charge is -2.30. The average Bonchev–Trinajstić information content (AvgIpc) is 2.64. The molecule has 1 aromatic heterocycles. The van der Waals surface area contributed by atoms with Crippen LogP contribution in [0.15, 0.2) is 18.3 Å². The molecule has 0 aromatic carbocycles. The third-order valence-electron chi connectivity index (χ3n) is 3.99. The van der Waals surface area contributed by atoms with Crippen molar-refractivity contribution in [1.29, 1.82) is 0 Å². The lowest BCUT2D eigenvalue weighted by molar-refractivity contribution is 0.208. The fourth-order valence-electron chi connectivity index (χ4n) is 3.08. The summed E-state index contributed by atoms with van der Waals surface area (Å²) in [5, 5.41) is 0. The molecule has 0 N–H and O–H groups in total. The first-order valence-corrected chi connectivity index (χ1v) is 7.44. The summed E-state index contributed by atoms with van der Waals surface area (Å²) in [6, 6.07) is 4.73. The second kappa shape index (κ2) is 4.68. The maximum atomic E-state index is 12.4. The number of amides is 2. The fourth-order valence-corrected chi connectivity index (χ4v) is 3.40.